The van der Waals surface area contributed by atoms with Gasteiger partial charge in [-0.3, -0.25) is 14.8 Å². The summed E-state index contributed by atoms with van der Waals surface area (Å²) in [5.41, 5.74) is 4.35. The normalized spacial score (nSPS) is 10.7. The number of halogens is 1. The van der Waals surface area contributed by atoms with Gasteiger partial charge in [-0.25, -0.2) is 9.37 Å². The lowest BCUT2D eigenvalue weighted by Gasteiger charge is -2.21. The van der Waals surface area contributed by atoms with Crippen LogP contribution in [0.1, 0.15) is 10.4 Å². The van der Waals surface area contributed by atoms with E-state index in [4.69, 9.17) is 0 Å². The molecule has 2 aromatic carbocycles. The van der Waals surface area contributed by atoms with E-state index < -0.39 is 0 Å². The number of nitrogens with one attached hydrogen (secondary N) is 2. The number of amides is 1. The molecule has 5 aromatic rings. The first-order chi connectivity index (χ1) is 17.1. The van der Waals surface area contributed by atoms with Crippen molar-refractivity contribution in [3.8, 4) is 0 Å². The van der Waals surface area contributed by atoms with E-state index in [-0.39, 0.29) is 11.7 Å². The van der Waals surface area contributed by atoms with Gasteiger partial charge in [-0.1, -0.05) is 0 Å². The Bertz CT molecular complexity index is 1490. The van der Waals surface area contributed by atoms with Crippen molar-refractivity contribution in [2.45, 2.75) is 0 Å². The third-order valence-electron chi connectivity index (χ3n) is 5.53. The van der Waals surface area contributed by atoms with Gasteiger partial charge >= 0.3 is 0 Å². The van der Waals surface area contributed by atoms with Gasteiger partial charge in [0.15, 0.2) is 0 Å². The number of aromatic nitrogens is 3. The maximum Gasteiger partial charge on any atom is 0.255 e. The van der Waals surface area contributed by atoms with Gasteiger partial charge in [0, 0.05) is 65.9 Å². The monoisotopic (exact) mass is 464 g/mol. The second-order valence-corrected chi connectivity index (χ2v) is 7.84. The predicted molar refractivity (Wildman–Crippen MR) is 136 cm³/mol. The number of pyridine rings is 3. The summed E-state index contributed by atoms with van der Waals surface area (Å²) >= 11 is 0. The van der Waals surface area contributed by atoms with E-state index in [1.807, 2.05) is 42.3 Å². The van der Waals surface area contributed by atoms with E-state index in [1.54, 1.807) is 55.1 Å². The van der Waals surface area contributed by atoms with Gasteiger partial charge in [0.1, 0.15) is 11.6 Å². The van der Waals surface area contributed by atoms with Gasteiger partial charge in [0.2, 0.25) is 0 Å². The molecular formula is C27H21FN6O. The van der Waals surface area contributed by atoms with Crippen LogP contribution in [0.15, 0.2) is 97.6 Å². The van der Waals surface area contributed by atoms with Crippen LogP contribution in [0.3, 0.4) is 0 Å². The van der Waals surface area contributed by atoms with Crippen LogP contribution in [0.25, 0.3) is 10.9 Å². The molecule has 0 atom stereocenters. The van der Waals surface area contributed by atoms with Crippen molar-refractivity contribution in [3.05, 3.63) is 109 Å². The van der Waals surface area contributed by atoms with Crippen LogP contribution in [0, 0.1) is 5.82 Å². The molecule has 2 N–H and O–H groups in total. The molecule has 7 nitrogen and oxygen atoms in total. The fourth-order valence-corrected chi connectivity index (χ4v) is 3.73. The number of benzene rings is 2. The van der Waals surface area contributed by atoms with Gasteiger partial charge in [0.25, 0.3) is 5.91 Å². The highest BCUT2D eigenvalue weighted by molar-refractivity contribution is 6.04. The molecule has 8 heteroatoms. The smallest absolute Gasteiger partial charge is 0.255 e. The van der Waals surface area contributed by atoms with Crippen LogP contribution in [-0.4, -0.2) is 27.9 Å². The number of carbonyl (C=O) groups is 1. The molecular weight excluding hydrogens is 443 g/mol. The molecule has 1 amide bonds. The molecule has 0 fully saturated rings. The van der Waals surface area contributed by atoms with Gasteiger partial charge in [-0.05, 0) is 66.7 Å². The van der Waals surface area contributed by atoms with Crippen LogP contribution in [-0.2, 0) is 0 Å². The third-order valence-corrected chi connectivity index (χ3v) is 5.53. The van der Waals surface area contributed by atoms with E-state index in [0.29, 0.717) is 28.0 Å². The number of fused-ring (bicyclic) bond motifs is 1. The zero-order valence-corrected chi connectivity index (χ0v) is 18.8. The SMILES string of the molecule is CN(c1ccc(C(=O)Nc2ccnc(Nc3ccncc3)c2)cc1)c1ccnc2ccc(F)cc12. The Morgan fingerprint density at radius 3 is 2.37 bits per heavy atom. The highest BCUT2D eigenvalue weighted by Crippen LogP contribution is 2.30. The molecule has 3 aromatic heterocycles. The first-order valence-electron chi connectivity index (χ1n) is 10.9. The topological polar surface area (TPSA) is 83.0 Å². The van der Waals surface area contributed by atoms with Crippen molar-refractivity contribution in [1.82, 2.24) is 15.0 Å². The molecule has 35 heavy (non-hydrogen) atoms. The Labute approximate surface area is 201 Å². The lowest BCUT2D eigenvalue weighted by atomic mass is 10.1. The standard InChI is InChI=1S/C27H21FN6O/c1-34(25-11-15-30-24-7-4-19(28)16-23(24)25)22-5-2-18(3-6-22)27(35)33-21-10-14-31-26(17-21)32-20-8-12-29-13-9-20/h2-17H,1H3,(H2,29,31,32,33,35). The summed E-state index contributed by atoms with van der Waals surface area (Å²) in [6.45, 7) is 0. The average molecular weight is 465 g/mol. The summed E-state index contributed by atoms with van der Waals surface area (Å²) in [5.74, 6) is 0.0473. The Balaban J connectivity index is 1.31. The van der Waals surface area contributed by atoms with Crippen molar-refractivity contribution in [2.24, 2.45) is 0 Å². The molecule has 5 rings (SSSR count). The molecule has 172 valence electrons. The zero-order chi connectivity index (χ0) is 24.2. The van der Waals surface area contributed by atoms with Crippen LogP contribution in [0.4, 0.5) is 33.0 Å². The van der Waals surface area contributed by atoms with E-state index in [0.717, 1.165) is 17.1 Å². The second-order valence-electron chi connectivity index (χ2n) is 7.84. The fraction of sp³-hybridized carbons (Fsp3) is 0.0370. The van der Waals surface area contributed by atoms with Gasteiger partial charge in [-0.15, -0.1) is 0 Å². The molecule has 3 heterocycles. The molecule has 0 saturated heterocycles. The van der Waals surface area contributed by atoms with Crippen LogP contribution >= 0.6 is 0 Å². The number of rotatable bonds is 6. The fourth-order valence-electron chi connectivity index (χ4n) is 3.73. The zero-order valence-electron chi connectivity index (χ0n) is 18.8. The lowest BCUT2D eigenvalue weighted by Crippen LogP contribution is -2.13. The summed E-state index contributed by atoms with van der Waals surface area (Å²) in [7, 11) is 1.89. The molecule has 0 bridgehead atoms. The van der Waals surface area contributed by atoms with E-state index in [2.05, 4.69) is 25.6 Å². The average Bonchev–Trinajstić information content (AvgIpc) is 2.89. The highest BCUT2D eigenvalue weighted by atomic mass is 19.1. The quantitative estimate of drug-likeness (QED) is 0.324. The number of hydrogen-bond donors (Lipinski definition) is 2. The molecule has 0 aliphatic carbocycles. The minimum absolute atomic E-state index is 0.239. The second kappa shape index (κ2) is 9.56. The van der Waals surface area contributed by atoms with Crippen molar-refractivity contribution in [3.63, 3.8) is 0 Å². The first-order valence-corrected chi connectivity index (χ1v) is 10.9. The Morgan fingerprint density at radius 1 is 0.829 bits per heavy atom. The van der Waals surface area contributed by atoms with Crippen molar-refractivity contribution in [1.29, 1.82) is 0 Å². The molecule has 0 spiro atoms. The summed E-state index contributed by atoms with van der Waals surface area (Å²) in [5, 5.41) is 6.79. The van der Waals surface area contributed by atoms with Crippen LogP contribution in [0.2, 0.25) is 0 Å². The van der Waals surface area contributed by atoms with Crippen LogP contribution in [0.5, 0.6) is 0 Å². The minimum atomic E-state index is -0.317. The van der Waals surface area contributed by atoms with Crippen molar-refractivity contribution < 1.29 is 9.18 Å². The number of carbonyl (C=O) groups excluding carboxylic acids is 1. The summed E-state index contributed by atoms with van der Waals surface area (Å²) in [6, 6.07) is 20.7. The molecule has 0 saturated carbocycles. The highest BCUT2D eigenvalue weighted by Gasteiger charge is 2.12. The summed E-state index contributed by atoms with van der Waals surface area (Å²) < 4.78 is 13.8. The molecule has 0 radical (unpaired) electrons. The van der Waals surface area contributed by atoms with Gasteiger partial charge < -0.3 is 15.5 Å². The van der Waals surface area contributed by atoms with Gasteiger partial charge in [0.05, 0.1) is 11.2 Å². The maximum atomic E-state index is 13.8. The minimum Gasteiger partial charge on any atom is -0.344 e. The number of nitrogens with zero attached hydrogens (tertiary/aromatic N) is 4. The van der Waals surface area contributed by atoms with E-state index in [1.165, 1.54) is 12.1 Å². The number of anilines is 5. The molecule has 0 aliphatic rings. The van der Waals surface area contributed by atoms with Crippen LogP contribution < -0.4 is 15.5 Å². The Hall–Kier alpha value is -4.85. The lowest BCUT2D eigenvalue weighted by molar-refractivity contribution is 0.102. The predicted octanol–water partition coefficient (Wildman–Crippen LogP) is 5.93. The van der Waals surface area contributed by atoms with Crippen molar-refractivity contribution in [2.75, 3.05) is 22.6 Å². The molecule has 0 aliphatic heterocycles. The van der Waals surface area contributed by atoms with Gasteiger partial charge in [-0.2, -0.15) is 0 Å². The Kier molecular flexibility index (Phi) is 6.00. The largest absolute Gasteiger partial charge is 0.344 e. The summed E-state index contributed by atoms with van der Waals surface area (Å²) in [6.07, 6.45) is 6.69. The first kappa shape index (κ1) is 22.0. The van der Waals surface area contributed by atoms with E-state index in [9.17, 15) is 9.18 Å². The third kappa shape index (κ3) is 4.91. The maximum absolute atomic E-state index is 13.8. The summed E-state index contributed by atoms with van der Waals surface area (Å²) in [4.78, 5) is 27.3. The van der Waals surface area contributed by atoms with E-state index >= 15 is 0 Å². The number of hydrogen-bond acceptors (Lipinski definition) is 6. The molecule has 0 unspecified atom stereocenters. The Morgan fingerprint density at radius 2 is 1.57 bits per heavy atom. The van der Waals surface area contributed by atoms with Crippen molar-refractivity contribution >= 4 is 45.4 Å².